The van der Waals surface area contributed by atoms with E-state index in [0.29, 0.717) is 4.99 Å². The summed E-state index contributed by atoms with van der Waals surface area (Å²) >= 11 is 4.95. The van der Waals surface area contributed by atoms with Gasteiger partial charge in [0.15, 0.2) is 0 Å². The maximum Gasteiger partial charge on any atom is 0.0789 e. The fourth-order valence-electron chi connectivity index (χ4n) is 1.07. The summed E-state index contributed by atoms with van der Waals surface area (Å²) in [5, 5.41) is 0. The van der Waals surface area contributed by atoms with Crippen LogP contribution in [0.3, 0.4) is 0 Å². The van der Waals surface area contributed by atoms with Crippen LogP contribution in [0.1, 0.15) is 19.8 Å². The first-order chi connectivity index (χ1) is 4.65. The van der Waals surface area contributed by atoms with Crippen molar-refractivity contribution in [3.05, 3.63) is 0 Å². The average molecular weight is 159 g/mol. The van der Waals surface area contributed by atoms with Gasteiger partial charge in [-0.05, 0) is 12.8 Å². The molecule has 2 N–H and O–H groups in total. The quantitative estimate of drug-likeness (QED) is 0.582. The van der Waals surface area contributed by atoms with Crippen LogP contribution in [0, 0.1) is 5.41 Å². The lowest BCUT2D eigenvalue weighted by Crippen LogP contribution is -2.37. The molecule has 0 spiro atoms. The van der Waals surface area contributed by atoms with Gasteiger partial charge in [0, 0.05) is 18.6 Å². The molecule has 0 unspecified atom stereocenters. The number of ether oxygens (including phenoxy) is 1. The highest BCUT2D eigenvalue weighted by Crippen LogP contribution is 2.29. The molecule has 0 bridgehead atoms. The van der Waals surface area contributed by atoms with Crippen LogP contribution in [0.25, 0.3) is 0 Å². The zero-order chi connectivity index (χ0) is 7.61. The van der Waals surface area contributed by atoms with Gasteiger partial charge in [0.05, 0.1) is 4.99 Å². The molecule has 0 aromatic carbocycles. The minimum Gasteiger partial charge on any atom is -0.393 e. The first kappa shape index (κ1) is 7.95. The van der Waals surface area contributed by atoms with E-state index >= 15 is 0 Å². The van der Waals surface area contributed by atoms with Crippen LogP contribution in [-0.2, 0) is 4.74 Å². The Kier molecular flexibility index (Phi) is 2.26. The van der Waals surface area contributed by atoms with Crippen molar-refractivity contribution in [3.63, 3.8) is 0 Å². The molecule has 0 aliphatic carbocycles. The summed E-state index contributed by atoms with van der Waals surface area (Å²) in [6.07, 6.45) is 1.95. The van der Waals surface area contributed by atoms with Crippen LogP contribution in [-0.4, -0.2) is 18.2 Å². The molecule has 0 aromatic heterocycles. The topological polar surface area (TPSA) is 35.2 Å². The Morgan fingerprint density at radius 3 is 2.30 bits per heavy atom. The van der Waals surface area contributed by atoms with Gasteiger partial charge in [-0.1, -0.05) is 19.1 Å². The van der Waals surface area contributed by atoms with Gasteiger partial charge in [-0.15, -0.1) is 0 Å². The predicted molar refractivity (Wildman–Crippen MR) is 44.9 cm³/mol. The zero-order valence-corrected chi connectivity index (χ0v) is 7.04. The number of thiocarbonyl (C=S) groups is 1. The molecule has 1 fully saturated rings. The van der Waals surface area contributed by atoms with Gasteiger partial charge in [-0.3, -0.25) is 0 Å². The van der Waals surface area contributed by atoms with Crippen molar-refractivity contribution in [1.29, 1.82) is 0 Å². The van der Waals surface area contributed by atoms with Gasteiger partial charge in [-0.25, -0.2) is 0 Å². The minimum absolute atomic E-state index is 0.0631. The van der Waals surface area contributed by atoms with Crippen molar-refractivity contribution in [1.82, 2.24) is 0 Å². The SMILES string of the molecule is CC1(C(N)=S)CCOCC1. The minimum atomic E-state index is 0.0631. The van der Waals surface area contributed by atoms with Crippen molar-refractivity contribution in [2.45, 2.75) is 19.8 Å². The molecular weight excluding hydrogens is 146 g/mol. The van der Waals surface area contributed by atoms with Crippen LogP contribution in [0.4, 0.5) is 0 Å². The summed E-state index contributed by atoms with van der Waals surface area (Å²) in [5.74, 6) is 0. The largest absolute Gasteiger partial charge is 0.393 e. The molecule has 0 saturated carbocycles. The number of nitrogens with two attached hydrogens (primary N) is 1. The second-order valence-electron chi connectivity index (χ2n) is 3.04. The number of hydrogen-bond acceptors (Lipinski definition) is 2. The van der Waals surface area contributed by atoms with Crippen molar-refractivity contribution >= 4 is 17.2 Å². The van der Waals surface area contributed by atoms with E-state index in [1.165, 1.54) is 0 Å². The maximum atomic E-state index is 5.58. The predicted octanol–water partition coefficient (Wildman–Crippen LogP) is 1.09. The molecular formula is C7H13NOS. The molecule has 1 aliphatic rings. The first-order valence-corrected chi connectivity index (χ1v) is 3.94. The summed E-state index contributed by atoms with van der Waals surface area (Å²) < 4.78 is 5.20. The third-order valence-electron chi connectivity index (χ3n) is 2.19. The molecule has 1 saturated heterocycles. The standard InChI is InChI=1S/C7H13NOS/c1-7(6(8)10)2-4-9-5-3-7/h2-5H2,1H3,(H2,8,10). The summed E-state index contributed by atoms with van der Waals surface area (Å²) in [6, 6.07) is 0. The highest BCUT2D eigenvalue weighted by molar-refractivity contribution is 7.80. The van der Waals surface area contributed by atoms with Gasteiger partial charge in [-0.2, -0.15) is 0 Å². The Hall–Kier alpha value is -0.150. The number of rotatable bonds is 1. The third-order valence-corrected chi connectivity index (χ3v) is 2.68. The van der Waals surface area contributed by atoms with E-state index in [-0.39, 0.29) is 5.41 Å². The van der Waals surface area contributed by atoms with Crippen molar-refractivity contribution in [2.75, 3.05) is 13.2 Å². The lowest BCUT2D eigenvalue weighted by Gasteiger charge is -2.32. The monoisotopic (exact) mass is 159 g/mol. The molecule has 2 nitrogen and oxygen atoms in total. The molecule has 0 radical (unpaired) electrons. The van der Waals surface area contributed by atoms with E-state index in [0.717, 1.165) is 26.1 Å². The van der Waals surface area contributed by atoms with E-state index in [1.807, 2.05) is 0 Å². The molecule has 1 rings (SSSR count). The fourth-order valence-corrected chi connectivity index (χ4v) is 1.27. The number of hydrogen-bond donors (Lipinski definition) is 1. The Bertz CT molecular complexity index is 141. The smallest absolute Gasteiger partial charge is 0.0789 e. The van der Waals surface area contributed by atoms with Crippen molar-refractivity contribution in [2.24, 2.45) is 11.1 Å². The van der Waals surface area contributed by atoms with Crippen LogP contribution in [0.5, 0.6) is 0 Å². The van der Waals surface area contributed by atoms with E-state index in [1.54, 1.807) is 0 Å². The average Bonchev–Trinajstić information content (AvgIpc) is 1.89. The van der Waals surface area contributed by atoms with Crippen LogP contribution in [0.15, 0.2) is 0 Å². The maximum absolute atomic E-state index is 5.58. The Morgan fingerprint density at radius 1 is 1.50 bits per heavy atom. The third kappa shape index (κ3) is 1.47. The zero-order valence-electron chi connectivity index (χ0n) is 6.22. The lowest BCUT2D eigenvalue weighted by atomic mass is 9.82. The van der Waals surface area contributed by atoms with E-state index < -0.39 is 0 Å². The van der Waals surface area contributed by atoms with Gasteiger partial charge < -0.3 is 10.5 Å². The molecule has 10 heavy (non-hydrogen) atoms. The Morgan fingerprint density at radius 2 is 2.00 bits per heavy atom. The second-order valence-corrected chi connectivity index (χ2v) is 3.48. The van der Waals surface area contributed by atoms with Crippen molar-refractivity contribution < 1.29 is 4.74 Å². The van der Waals surface area contributed by atoms with E-state index in [2.05, 4.69) is 6.92 Å². The lowest BCUT2D eigenvalue weighted by molar-refractivity contribution is 0.0529. The van der Waals surface area contributed by atoms with E-state index in [4.69, 9.17) is 22.7 Å². The summed E-state index contributed by atoms with van der Waals surface area (Å²) in [7, 11) is 0. The molecule has 58 valence electrons. The molecule has 0 aromatic rings. The summed E-state index contributed by atoms with van der Waals surface area (Å²) in [6.45, 7) is 3.71. The molecule has 1 aliphatic heterocycles. The summed E-state index contributed by atoms with van der Waals surface area (Å²) in [4.78, 5) is 0.635. The van der Waals surface area contributed by atoms with Crippen molar-refractivity contribution in [3.8, 4) is 0 Å². The Balaban J connectivity index is 2.56. The Labute approximate surface area is 66.7 Å². The molecule has 0 atom stereocenters. The molecule has 3 heteroatoms. The fraction of sp³-hybridized carbons (Fsp3) is 0.857. The highest BCUT2D eigenvalue weighted by Gasteiger charge is 2.29. The van der Waals surface area contributed by atoms with E-state index in [9.17, 15) is 0 Å². The molecule has 0 amide bonds. The van der Waals surface area contributed by atoms with Gasteiger partial charge >= 0.3 is 0 Å². The van der Waals surface area contributed by atoms with Gasteiger partial charge in [0.1, 0.15) is 0 Å². The van der Waals surface area contributed by atoms with Crippen LogP contribution >= 0.6 is 12.2 Å². The second kappa shape index (κ2) is 2.84. The summed E-state index contributed by atoms with van der Waals surface area (Å²) in [5.41, 5.74) is 5.64. The molecule has 1 heterocycles. The van der Waals surface area contributed by atoms with Crippen LogP contribution < -0.4 is 5.73 Å². The van der Waals surface area contributed by atoms with Gasteiger partial charge in [0.2, 0.25) is 0 Å². The highest BCUT2D eigenvalue weighted by atomic mass is 32.1. The first-order valence-electron chi connectivity index (χ1n) is 3.53. The van der Waals surface area contributed by atoms with Crippen LogP contribution in [0.2, 0.25) is 0 Å². The normalized spacial score (nSPS) is 24.1. The van der Waals surface area contributed by atoms with Gasteiger partial charge in [0.25, 0.3) is 0 Å².